The molecule has 4 rings (SSSR count). The third-order valence-electron chi connectivity index (χ3n) is 6.52. The first-order valence-corrected chi connectivity index (χ1v) is 12.9. The molecule has 9 heteroatoms. The maximum Gasteiger partial charge on any atom is 0.303 e. The van der Waals surface area contributed by atoms with Gasteiger partial charge in [-0.3, -0.25) is 14.4 Å². The molecule has 9 nitrogen and oxygen atoms in total. The highest BCUT2D eigenvalue weighted by molar-refractivity contribution is 5.68. The van der Waals surface area contributed by atoms with Crippen LogP contribution in [-0.2, 0) is 43.7 Å². The number of esters is 3. The fourth-order valence-electron chi connectivity index (χ4n) is 4.94. The van der Waals surface area contributed by atoms with Gasteiger partial charge in [0.15, 0.2) is 24.6 Å². The molecule has 0 aliphatic carbocycles. The highest BCUT2D eigenvalue weighted by Gasteiger charge is 2.54. The molecule has 210 valence electrons. The Balaban J connectivity index is 1.89. The quantitative estimate of drug-likeness (QED) is 0.244. The zero-order valence-corrected chi connectivity index (χ0v) is 22.5. The zero-order valence-electron chi connectivity index (χ0n) is 22.5. The Morgan fingerprint density at radius 3 is 1.50 bits per heavy atom. The molecular formula is C31H32O9. The number of ether oxygens (including phenoxy) is 5. The van der Waals surface area contributed by atoms with Crippen molar-refractivity contribution in [1.82, 2.24) is 0 Å². The second-order valence-corrected chi connectivity index (χ2v) is 9.38. The molecule has 5 atom stereocenters. The molecule has 0 unspecified atom stereocenters. The van der Waals surface area contributed by atoms with Crippen LogP contribution in [0.25, 0.3) is 0 Å². The molecular weight excluding hydrogens is 516 g/mol. The van der Waals surface area contributed by atoms with Gasteiger partial charge >= 0.3 is 17.9 Å². The summed E-state index contributed by atoms with van der Waals surface area (Å²) in [6, 6.07) is 28.2. The Morgan fingerprint density at radius 2 is 1.10 bits per heavy atom. The van der Waals surface area contributed by atoms with Gasteiger partial charge in [0.1, 0.15) is 18.3 Å². The summed E-state index contributed by atoms with van der Waals surface area (Å²) in [5, 5.41) is 11.3. The molecule has 1 saturated heterocycles. The zero-order chi connectivity index (χ0) is 28.7. The van der Waals surface area contributed by atoms with E-state index in [-0.39, 0.29) is 6.61 Å². The summed E-state index contributed by atoms with van der Waals surface area (Å²) in [5.41, 5.74) is 0.868. The van der Waals surface area contributed by atoms with Crippen molar-refractivity contribution in [2.45, 2.75) is 57.1 Å². The molecule has 0 aromatic heterocycles. The van der Waals surface area contributed by atoms with E-state index >= 15 is 0 Å². The first kappa shape index (κ1) is 28.9. The Hall–Kier alpha value is -4.05. The van der Waals surface area contributed by atoms with Crippen molar-refractivity contribution in [2.24, 2.45) is 0 Å². The van der Waals surface area contributed by atoms with E-state index in [2.05, 4.69) is 0 Å². The minimum absolute atomic E-state index is 0.351. The first-order valence-electron chi connectivity index (χ1n) is 12.9. The molecule has 3 aromatic rings. The molecule has 1 aliphatic heterocycles. The van der Waals surface area contributed by atoms with Gasteiger partial charge in [-0.05, 0) is 16.7 Å². The van der Waals surface area contributed by atoms with E-state index in [1.54, 1.807) is 0 Å². The number of aliphatic hydroxyl groups is 1. The van der Waals surface area contributed by atoms with Crippen LogP contribution in [0.4, 0.5) is 0 Å². The predicted octanol–water partition coefficient (Wildman–Crippen LogP) is 3.51. The largest absolute Gasteiger partial charge is 0.463 e. The molecule has 0 spiro atoms. The number of carbonyl (C=O) groups is 3. The second-order valence-electron chi connectivity index (χ2n) is 9.38. The standard InChI is InChI=1S/C31H32O9/c1-20(32)36-19-26-27(37-21(2)33)28(38-22(3)34)29(30(35)39-26)40-31(23-13-7-4-8-14-23,24-15-9-5-10-16-24)25-17-11-6-12-18-25/h4-18,26-30,35H,19H2,1-3H3/t26-,27-,28+,29-,30+/m1/s1. The van der Waals surface area contributed by atoms with Crippen LogP contribution >= 0.6 is 0 Å². The van der Waals surface area contributed by atoms with Crippen LogP contribution < -0.4 is 0 Å². The highest BCUT2D eigenvalue weighted by Crippen LogP contribution is 2.44. The van der Waals surface area contributed by atoms with Crippen molar-refractivity contribution in [3.8, 4) is 0 Å². The van der Waals surface area contributed by atoms with Gasteiger partial charge in [0, 0.05) is 20.8 Å². The fourth-order valence-corrected chi connectivity index (χ4v) is 4.94. The topological polar surface area (TPSA) is 118 Å². The SMILES string of the molecule is CC(=O)OC[C@H]1O[C@H](O)[C@H](OC(c2ccccc2)(c2ccccc2)c2ccccc2)[C@@H](OC(C)=O)[C@@H]1OC(C)=O. The average molecular weight is 549 g/mol. The number of aliphatic hydroxyl groups excluding tert-OH is 1. The number of carbonyl (C=O) groups excluding carboxylic acids is 3. The lowest BCUT2D eigenvalue weighted by molar-refractivity contribution is -0.313. The molecule has 3 aromatic carbocycles. The van der Waals surface area contributed by atoms with Crippen LogP contribution in [0.3, 0.4) is 0 Å². The van der Waals surface area contributed by atoms with Gasteiger partial charge in [0.2, 0.25) is 0 Å². The molecule has 0 amide bonds. The van der Waals surface area contributed by atoms with Gasteiger partial charge in [0.25, 0.3) is 0 Å². The third kappa shape index (κ3) is 6.39. The lowest BCUT2D eigenvalue weighted by Gasteiger charge is -2.47. The van der Waals surface area contributed by atoms with Gasteiger partial charge in [-0.15, -0.1) is 0 Å². The molecule has 0 radical (unpaired) electrons. The normalized spacial score (nSPS) is 22.6. The maximum absolute atomic E-state index is 12.3. The van der Waals surface area contributed by atoms with Gasteiger partial charge in [-0.25, -0.2) is 0 Å². The smallest absolute Gasteiger partial charge is 0.303 e. The van der Waals surface area contributed by atoms with E-state index in [1.807, 2.05) is 91.0 Å². The summed E-state index contributed by atoms with van der Waals surface area (Å²) in [6.07, 6.45) is -6.71. The van der Waals surface area contributed by atoms with Crippen LogP contribution in [0.15, 0.2) is 91.0 Å². The highest BCUT2D eigenvalue weighted by atomic mass is 16.7. The Morgan fingerprint density at radius 1 is 0.675 bits per heavy atom. The van der Waals surface area contributed by atoms with E-state index in [9.17, 15) is 19.5 Å². The van der Waals surface area contributed by atoms with E-state index < -0.39 is 54.2 Å². The van der Waals surface area contributed by atoms with Crippen LogP contribution in [0.1, 0.15) is 37.5 Å². The third-order valence-corrected chi connectivity index (χ3v) is 6.52. The predicted molar refractivity (Wildman–Crippen MR) is 143 cm³/mol. The van der Waals surface area contributed by atoms with Crippen molar-refractivity contribution in [2.75, 3.05) is 6.61 Å². The lowest BCUT2D eigenvalue weighted by atomic mass is 9.79. The maximum atomic E-state index is 12.3. The van der Waals surface area contributed by atoms with Gasteiger partial charge in [-0.1, -0.05) is 91.0 Å². The summed E-state index contributed by atoms with van der Waals surface area (Å²) in [4.78, 5) is 36.0. The number of hydrogen-bond acceptors (Lipinski definition) is 9. The summed E-state index contributed by atoms with van der Waals surface area (Å²) < 4.78 is 29.0. The van der Waals surface area contributed by atoms with E-state index in [1.165, 1.54) is 20.8 Å². The molecule has 40 heavy (non-hydrogen) atoms. The van der Waals surface area contributed by atoms with Crippen molar-refractivity contribution >= 4 is 17.9 Å². The van der Waals surface area contributed by atoms with Crippen LogP contribution in [0, 0.1) is 0 Å². The molecule has 0 bridgehead atoms. The molecule has 1 N–H and O–H groups in total. The summed E-state index contributed by atoms with van der Waals surface area (Å²) in [5.74, 6) is -1.98. The van der Waals surface area contributed by atoms with E-state index in [0.717, 1.165) is 16.7 Å². The fraction of sp³-hybridized carbons (Fsp3) is 0.323. The molecule has 0 saturated carbocycles. The van der Waals surface area contributed by atoms with Gasteiger partial charge in [-0.2, -0.15) is 0 Å². The monoisotopic (exact) mass is 548 g/mol. The second kappa shape index (κ2) is 12.9. The van der Waals surface area contributed by atoms with Crippen molar-refractivity contribution in [3.63, 3.8) is 0 Å². The summed E-state index contributed by atoms with van der Waals surface area (Å²) >= 11 is 0. The number of hydrogen-bond donors (Lipinski definition) is 1. The van der Waals surface area contributed by atoms with E-state index in [0.29, 0.717) is 0 Å². The average Bonchev–Trinajstić information content (AvgIpc) is 2.94. The summed E-state index contributed by atoms with van der Waals surface area (Å²) in [7, 11) is 0. The minimum atomic E-state index is -1.66. The van der Waals surface area contributed by atoms with E-state index in [4.69, 9.17) is 23.7 Å². The Kier molecular flexibility index (Phi) is 9.31. The number of benzene rings is 3. The molecule has 1 heterocycles. The molecule has 1 aliphatic rings. The van der Waals surface area contributed by atoms with Crippen molar-refractivity contribution < 1.29 is 43.2 Å². The minimum Gasteiger partial charge on any atom is -0.463 e. The van der Waals surface area contributed by atoms with Crippen molar-refractivity contribution in [1.29, 1.82) is 0 Å². The van der Waals surface area contributed by atoms with Crippen LogP contribution in [0.2, 0.25) is 0 Å². The van der Waals surface area contributed by atoms with Crippen LogP contribution in [-0.4, -0.2) is 60.3 Å². The number of rotatable bonds is 9. The van der Waals surface area contributed by atoms with Gasteiger partial charge < -0.3 is 28.8 Å². The van der Waals surface area contributed by atoms with Gasteiger partial charge in [0.05, 0.1) is 0 Å². The molecule has 1 fully saturated rings. The first-order chi connectivity index (χ1) is 19.2. The summed E-state index contributed by atoms with van der Waals surface area (Å²) in [6.45, 7) is 3.25. The Labute approximate surface area is 232 Å². The van der Waals surface area contributed by atoms with Crippen molar-refractivity contribution in [3.05, 3.63) is 108 Å². The Bertz CT molecular complexity index is 1180. The van der Waals surface area contributed by atoms with Crippen LogP contribution in [0.5, 0.6) is 0 Å². The lowest BCUT2D eigenvalue weighted by Crippen LogP contribution is -2.63.